The summed E-state index contributed by atoms with van der Waals surface area (Å²) in [6, 6.07) is 138. The maximum Gasteiger partial charge on any atom is 0.103 e. The van der Waals surface area contributed by atoms with E-state index in [0.717, 1.165) is 187 Å². The van der Waals surface area contributed by atoms with E-state index in [4.69, 9.17) is 0 Å². The first kappa shape index (κ1) is 64.9. The Morgan fingerprint density at radius 1 is 0.211 bits per heavy atom. The zero-order valence-corrected chi connectivity index (χ0v) is 61.1. The Morgan fingerprint density at radius 3 is 1.07 bits per heavy atom. The third kappa shape index (κ3) is 9.70. The van der Waals surface area contributed by atoms with E-state index in [1.54, 1.807) is 0 Å². The second-order valence-corrected chi connectivity index (χ2v) is 29.1. The highest BCUT2D eigenvalue weighted by molar-refractivity contribution is 6.27. The molecule has 0 N–H and O–H groups in total. The number of para-hydroxylation sites is 5. The molecule has 526 valence electrons. The number of rotatable bonds is 11. The van der Waals surface area contributed by atoms with Crippen LogP contribution in [0.4, 0.5) is 34.1 Å². The van der Waals surface area contributed by atoms with E-state index in [1.165, 1.54) is 0 Å². The smallest absolute Gasteiger partial charge is 0.103 e. The van der Waals surface area contributed by atoms with Crippen molar-refractivity contribution < 1.29 is 0 Å². The van der Waals surface area contributed by atoms with E-state index >= 15 is 0 Å². The minimum absolute atomic E-state index is 0.261. The van der Waals surface area contributed by atoms with Gasteiger partial charge in [0, 0.05) is 88.0 Å². The lowest BCUT2D eigenvalue weighted by Crippen LogP contribution is -2.10. The molecule has 114 heavy (non-hydrogen) atoms. The average molecular weight is 1450 g/mol. The Kier molecular flexibility index (Phi) is 14.6. The Balaban J connectivity index is 0.710. The average Bonchev–Trinajstić information content (AvgIpc) is 1.33. The molecule has 0 bridgehead atoms. The third-order valence-electron chi connectivity index (χ3n) is 23.2. The van der Waals surface area contributed by atoms with Crippen molar-refractivity contribution in [3.8, 4) is 58.2 Å². The molecule has 0 saturated carbocycles. The van der Waals surface area contributed by atoms with Gasteiger partial charge in [-0.15, -0.1) is 0 Å². The minimum atomic E-state index is 0.261. The Bertz CT molecular complexity index is 8000. The number of nitrogens with zero attached hydrogens (tertiary/aromatic N) is 10. The molecule has 0 amide bonds. The van der Waals surface area contributed by atoms with Crippen molar-refractivity contribution in [2.45, 2.75) is 0 Å². The quantitative estimate of drug-likeness (QED) is 0.127. The summed E-state index contributed by atoms with van der Waals surface area (Å²) >= 11 is 0. The molecule has 4 heterocycles. The molecule has 10 nitrogen and oxygen atoms in total. The highest BCUT2D eigenvalue weighted by Crippen LogP contribution is 2.50. The molecule has 10 heteroatoms. The predicted molar refractivity (Wildman–Crippen MR) is 467 cm³/mol. The van der Waals surface area contributed by atoms with Crippen molar-refractivity contribution in [1.82, 2.24) is 18.3 Å². The van der Waals surface area contributed by atoms with E-state index in [-0.39, 0.29) is 16.7 Å². The molecule has 22 aromatic rings. The predicted octanol–water partition coefficient (Wildman–Crippen LogP) is 26.8. The summed E-state index contributed by atoms with van der Waals surface area (Å²) in [6.45, 7) is 0. The van der Waals surface area contributed by atoms with Crippen molar-refractivity contribution in [2.75, 3.05) is 9.80 Å². The molecule has 0 radical (unpaired) electrons. The molecule has 0 aliphatic carbocycles. The maximum atomic E-state index is 11.8. The second-order valence-electron chi connectivity index (χ2n) is 29.1. The fourth-order valence-electron chi connectivity index (χ4n) is 18.4. The van der Waals surface area contributed by atoms with E-state index in [0.29, 0.717) is 16.9 Å². The van der Waals surface area contributed by atoms with Crippen LogP contribution in [-0.4, -0.2) is 18.3 Å². The van der Waals surface area contributed by atoms with Gasteiger partial charge < -0.3 is 28.1 Å². The standard InChI is InChI=1S/C104H60N10/c105-61-70-57-98(113-90-38-20-18-36-82(90)83-49-42-67-24-12-16-34-80(67)103(83)113)99(58-71(70)62-106)114-91-39-21-19-37-84(91)102-85(56-69-25-13-17-35-81(69)104(102)114)68-40-45-75(46-41-68)110(74-30-8-3-9-31-74)77-48-53-93-87(60-77)101-79-33-15-11-23-66(79)44-51-97(101)112(93)95-55-54-94(88(63-107)89(95)64-108)111-92-52-47-76(109(72-26-4-1-5-27-72)73-28-6-2-7-29-73)59-86(92)100-78-32-14-10-22-65(78)43-50-96(100)111/h1-60H. The largest absolute Gasteiger partial charge is 0.310 e. The topological polar surface area (TPSA) is 121 Å². The van der Waals surface area contributed by atoms with Crippen molar-refractivity contribution in [1.29, 1.82) is 21.0 Å². The first-order valence-corrected chi connectivity index (χ1v) is 38.0. The number of hydrogen-bond donors (Lipinski definition) is 0. The van der Waals surface area contributed by atoms with Gasteiger partial charge in [-0.25, -0.2) is 0 Å². The van der Waals surface area contributed by atoms with Crippen LogP contribution in [0.3, 0.4) is 0 Å². The van der Waals surface area contributed by atoms with Crippen molar-refractivity contribution in [3.05, 3.63) is 386 Å². The molecule has 18 aromatic carbocycles. The van der Waals surface area contributed by atoms with Crippen molar-refractivity contribution in [3.63, 3.8) is 0 Å². The van der Waals surface area contributed by atoms with Gasteiger partial charge >= 0.3 is 0 Å². The highest BCUT2D eigenvalue weighted by Gasteiger charge is 2.29. The molecule has 0 saturated heterocycles. The second kappa shape index (κ2) is 25.7. The number of anilines is 6. The summed E-state index contributed by atoms with van der Waals surface area (Å²) in [6.07, 6.45) is 0. The Morgan fingerprint density at radius 2 is 0.579 bits per heavy atom. The molecule has 4 aromatic heterocycles. The fourth-order valence-corrected chi connectivity index (χ4v) is 18.4. The van der Waals surface area contributed by atoms with Crippen LogP contribution in [0.5, 0.6) is 0 Å². The van der Waals surface area contributed by atoms with E-state index < -0.39 is 0 Å². The number of nitriles is 4. The minimum Gasteiger partial charge on any atom is -0.310 e. The van der Waals surface area contributed by atoms with Crippen LogP contribution >= 0.6 is 0 Å². The molecular formula is C104H60N10. The summed E-state index contributed by atoms with van der Waals surface area (Å²) < 4.78 is 8.98. The first-order valence-electron chi connectivity index (χ1n) is 38.0. The van der Waals surface area contributed by atoms with Gasteiger partial charge in [0.25, 0.3) is 0 Å². The zero-order chi connectivity index (χ0) is 75.8. The number of aromatic nitrogens is 4. The van der Waals surface area contributed by atoms with E-state index in [2.05, 4.69) is 374 Å². The number of hydrogen-bond acceptors (Lipinski definition) is 6. The van der Waals surface area contributed by atoms with Gasteiger partial charge in [-0.1, -0.05) is 224 Å². The van der Waals surface area contributed by atoms with Crippen molar-refractivity contribution in [2.24, 2.45) is 0 Å². The Labute approximate surface area is 653 Å². The van der Waals surface area contributed by atoms with Crippen LogP contribution in [0.15, 0.2) is 364 Å². The fraction of sp³-hybridized carbons (Fsp3) is 0. The lowest BCUT2D eigenvalue weighted by atomic mass is 9.95. The lowest BCUT2D eigenvalue weighted by Gasteiger charge is -2.26. The highest BCUT2D eigenvalue weighted by atomic mass is 15.2. The molecular weight excluding hydrogens is 1390 g/mol. The van der Waals surface area contributed by atoms with Crippen LogP contribution in [0, 0.1) is 45.3 Å². The first-order chi connectivity index (χ1) is 56.4. The zero-order valence-electron chi connectivity index (χ0n) is 61.1. The van der Waals surface area contributed by atoms with Gasteiger partial charge in [0.2, 0.25) is 0 Å². The molecule has 0 spiro atoms. The van der Waals surface area contributed by atoms with Gasteiger partial charge in [0.05, 0.1) is 89.1 Å². The summed E-state index contributed by atoms with van der Waals surface area (Å²) in [5.74, 6) is 0. The van der Waals surface area contributed by atoms with Crippen molar-refractivity contribution >= 4 is 164 Å². The number of benzene rings is 18. The van der Waals surface area contributed by atoms with Crippen LogP contribution in [0.1, 0.15) is 22.3 Å². The van der Waals surface area contributed by atoms with E-state index in [1.807, 2.05) is 42.5 Å². The molecule has 22 rings (SSSR count). The lowest BCUT2D eigenvalue weighted by molar-refractivity contribution is 1.09. The SMILES string of the molecule is N#Cc1cc(-n2c3ccccc3c3ccc4ccccc4c32)c(-n2c3ccccc3c3c(-c4ccc(N(c5ccccc5)c5ccc6c(c5)c5c7ccccc7ccc5n6-c5ccc(-n6c7ccc(N(c8ccccc8)c8ccccc8)cc7c7c8ccccc8ccc76)c(C#N)c5C#N)cc4)cc4ccccc4c32)cc1C#N. The van der Waals surface area contributed by atoms with Crippen LogP contribution in [-0.2, 0) is 0 Å². The van der Waals surface area contributed by atoms with Gasteiger partial charge in [-0.3, -0.25) is 0 Å². The summed E-state index contributed by atoms with van der Waals surface area (Å²) in [5.41, 5.74) is 19.2. The van der Waals surface area contributed by atoms with Crippen LogP contribution < -0.4 is 9.80 Å². The van der Waals surface area contributed by atoms with Gasteiger partial charge in [-0.2, -0.15) is 21.0 Å². The normalized spacial score (nSPS) is 11.6. The molecule has 0 aliphatic rings. The monoisotopic (exact) mass is 1450 g/mol. The molecule has 0 aliphatic heterocycles. The number of fused-ring (bicyclic) bond motifs is 20. The van der Waals surface area contributed by atoms with Crippen LogP contribution in [0.2, 0.25) is 0 Å². The molecule has 0 unspecified atom stereocenters. The van der Waals surface area contributed by atoms with Gasteiger partial charge in [0.15, 0.2) is 0 Å². The maximum absolute atomic E-state index is 11.8. The third-order valence-corrected chi connectivity index (χ3v) is 23.2. The molecule has 0 fully saturated rings. The summed E-state index contributed by atoms with van der Waals surface area (Å²) in [4.78, 5) is 4.58. The Hall–Kier alpha value is -16.2. The van der Waals surface area contributed by atoms with Gasteiger partial charge in [0.1, 0.15) is 24.3 Å². The summed E-state index contributed by atoms with van der Waals surface area (Å²) in [7, 11) is 0. The van der Waals surface area contributed by atoms with Gasteiger partial charge in [-0.05, 0) is 183 Å². The van der Waals surface area contributed by atoms with E-state index in [9.17, 15) is 21.0 Å². The summed E-state index contributed by atoms with van der Waals surface area (Å²) in [5, 5.41) is 62.4. The molecule has 0 atom stereocenters. The van der Waals surface area contributed by atoms with Crippen LogP contribution in [0.25, 0.3) is 164 Å².